The Hall–Kier alpha value is -0.570. The normalized spacial score (nSPS) is 20.1. The van der Waals surface area contributed by atoms with Gasteiger partial charge in [-0.2, -0.15) is 0 Å². The molecule has 1 heterocycles. The average molecular weight is 213 g/mol. The van der Waals surface area contributed by atoms with E-state index in [1.807, 2.05) is 0 Å². The Labute approximate surface area is 92.5 Å². The van der Waals surface area contributed by atoms with Crippen LogP contribution in [0.3, 0.4) is 0 Å². The summed E-state index contributed by atoms with van der Waals surface area (Å²) < 4.78 is 0. The van der Waals surface area contributed by atoms with Gasteiger partial charge >= 0.3 is 5.97 Å². The lowest BCUT2D eigenvalue weighted by molar-refractivity contribution is -0.142. The fraction of sp³-hybridized carbons (Fsp3) is 0.917. The molecule has 1 rings (SSSR count). The monoisotopic (exact) mass is 213 g/mol. The van der Waals surface area contributed by atoms with E-state index in [0.717, 1.165) is 38.9 Å². The van der Waals surface area contributed by atoms with Crippen LogP contribution in [0.25, 0.3) is 0 Å². The van der Waals surface area contributed by atoms with Gasteiger partial charge in [-0.25, -0.2) is 0 Å². The third kappa shape index (κ3) is 4.65. The van der Waals surface area contributed by atoms with E-state index in [0.29, 0.717) is 0 Å². The van der Waals surface area contributed by atoms with Crippen molar-refractivity contribution in [2.45, 2.75) is 45.4 Å². The highest BCUT2D eigenvalue weighted by Gasteiger charge is 2.21. The number of hydrogen-bond acceptors (Lipinski definition) is 2. The van der Waals surface area contributed by atoms with Crippen molar-refractivity contribution in [1.82, 2.24) is 4.90 Å². The van der Waals surface area contributed by atoms with E-state index in [4.69, 9.17) is 5.11 Å². The quantitative estimate of drug-likeness (QED) is 0.736. The smallest absolute Gasteiger partial charge is 0.307 e. The van der Waals surface area contributed by atoms with Gasteiger partial charge in [0, 0.05) is 6.54 Å². The van der Waals surface area contributed by atoms with Gasteiger partial charge in [-0.05, 0) is 32.4 Å². The summed E-state index contributed by atoms with van der Waals surface area (Å²) in [7, 11) is 0. The predicted octanol–water partition coefficient (Wildman–Crippen LogP) is 2.36. The third-order valence-electron chi connectivity index (χ3n) is 3.18. The molecule has 0 amide bonds. The van der Waals surface area contributed by atoms with Crippen LogP contribution >= 0.6 is 0 Å². The Bertz CT molecular complexity index is 188. The molecule has 0 spiro atoms. The zero-order valence-corrected chi connectivity index (χ0v) is 9.74. The van der Waals surface area contributed by atoms with Gasteiger partial charge in [-0.15, -0.1) is 0 Å². The van der Waals surface area contributed by atoms with E-state index in [1.165, 1.54) is 19.3 Å². The molecule has 1 fully saturated rings. The molecule has 0 saturated carbocycles. The van der Waals surface area contributed by atoms with Crippen LogP contribution in [0.4, 0.5) is 0 Å². The van der Waals surface area contributed by atoms with Gasteiger partial charge in [0.05, 0.1) is 5.92 Å². The minimum atomic E-state index is -0.617. The van der Waals surface area contributed by atoms with Crippen molar-refractivity contribution in [3.05, 3.63) is 0 Å². The summed E-state index contributed by atoms with van der Waals surface area (Å²) in [5.41, 5.74) is 0. The molecular weight excluding hydrogens is 190 g/mol. The van der Waals surface area contributed by atoms with Crippen molar-refractivity contribution in [2.24, 2.45) is 5.92 Å². The molecule has 0 aromatic heterocycles. The van der Waals surface area contributed by atoms with Crippen LogP contribution in [0.2, 0.25) is 0 Å². The summed E-state index contributed by atoms with van der Waals surface area (Å²) in [5, 5.41) is 9.10. The van der Waals surface area contributed by atoms with Crippen molar-refractivity contribution in [1.29, 1.82) is 0 Å². The number of carbonyl (C=O) groups is 1. The molecule has 15 heavy (non-hydrogen) atoms. The molecule has 1 unspecified atom stereocenters. The Morgan fingerprint density at radius 3 is 2.53 bits per heavy atom. The fourth-order valence-corrected chi connectivity index (χ4v) is 2.20. The molecule has 1 atom stereocenters. The Kier molecular flexibility index (Phi) is 5.69. The van der Waals surface area contributed by atoms with Gasteiger partial charge < -0.3 is 10.0 Å². The van der Waals surface area contributed by atoms with Crippen LogP contribution in [-0.2, 0) is 4.79 Å². The average Bonchev–Trinajstić information content (AvgIpc) is 2.25. The standard InChI is InChI=1S/C12H23NO2/c1-2-3-7-11(12(14)15)10-13-8-5-4-6-9-13/h11H,2-10H2,1H3,(H,14,15). The first-order valence-electron chi connectivity index (χ1n) is 6.19. The van der Waals surface area contributed by atoms with E-state index in [-0.39, 0.29) is 5.92 Å². The lowest BCUT2D eigenvalue weighted by Gasteiger charge is -2.28. The first kappa shape index (κ1) is 12.5. The second-order valence-corrected chi connectivity index (χ2v) is 4.54. The maximum absolute atomic E-state index is 11.1. The second kappa shape index (κ2) is 6.83. The van der Waals surface area contributed by atoms with Crippen LogP contribution in [0, 0.1) is 5.92 Å². The van der Waals surface area contributed by atoms with E-state index < -0.39 is 5.97 Å². The number of likely N-dealkylation sites (tertiary alicyclic amines) is 1. The summed E-state index contributed by atoms with van der Waals surface area (Å²) in [5.74, 6) is -0.767. The van der Waals surface area contributed by atoms with Crippen molar-refractivity contribution >= 4 is 5.97 Å². The Balaban J connectivity index is 2.31. The molecule has 88 valence electrons. The highest BCUT2D eigenvalue weighted by Crippen LogP contribution is 2.15. The number of hydrogen-bond donors (Lipinski definition) is 1. The van der Waals surface area contributed by atoms with Crippen molar-refractivity contribution in [2.75, 3.05) is 19.6 Å². The Morgan fingerprint density at radius 1 is 1.33 bits per heavy atom. The van der Waals surface area contributed by atoms with Crippen molar-refractivity contribution in [3.63, 3.8) is 0 Å². The van der Waals surface area contributed by atoms with E-state index in [2.05, 4.69) is 11.8 Å². The zero-order valence-electron chi connectivity index (χ0n) is 9.74. The Morgan fingerprint density at radius 2 is 2.00 bits per heavy atom. The first-order valence-corrected chi connectivity index (χ1v) is 6.19. The van der Waals surface area contributed by atoms with Crippen LogP contribution in [0.15, 0.2) is 0 Å². The molecule has 1 N–H and O–H groups in total. The highest BCUT2D eigenvalue weighted by atomic mass is 16.4. The molecule has 3 heteroatoms. The van der Waals surface area contributed by atoms with E-state index in [1.54, 1.807) is 0 Å². The number of unbranched alkanes of at least 4 members (excludes halogenated alkanes) is 1. The number of nitrogens with zero attached hydrogens (tertiary/aromatic N) is 1. The number of carboxylic acid groups (broad SMARTS) is 1. The number of carboxylic acids is 1. The van der Waals surface area contributed by atoms with Gasteiger partial charge in [0.15, 0.2) is 0 Å². The molecule has 0 aliphatic carbocycles. The molecule has 1 aliphatic rings. The van der Waals surface area contributed by atoms with Crippen LogP contribution in [0.5, 0.6) is 0 Å². The third-order valence-corrected chi connectivity index (χ3v) is 3.18. The molecule has 0 radical (unpaired) electrons. The highest BCUT2D eigenvalue weighted by molar-refractivity contribution is 5.70. The van der Waals surface area contributed by atoms with Crippen LogP contribution < -0.4 is 0 Å². The molecule has 0 bridgehead atoms. The predicted molar refractivity (Wildman–Crippen MR) is 60.9 cm³/mol. The minimum Gasteiger partial charge on any atom is -0.481 e. The van der Waals surface area contributed by atoms with E-state index in [9.17, 15) is 4.79 Å². The number of rotatable bonds is 6. The second-order valence-electron chi connectivity index (χ2n) is 4.54. The maximum Gasteiger partial charge on any atom is 0.307 e. The van der Waals surface area contributed by atoms with E-state index >= 15 is 0 Å². The summed E-state index contributed by atoms with van der Waals surface area (Å²) in [6.45, 7) is 5.06. The maximum atomic E-state index is 11.1. The largest absolute Gasteiger partial charge is 0.481 e. The van der Waals surface area contributed by atoms with Crippen LogP contribution in [0.1, 0.15) is 45.4 Å². The molecule has 1 aliphatic heterocycles. The van der Waals surface area contributed by atoms with Crippen LogP contribution in [-0.4, -0.2) is 35.6 Å². The van der Waals surface area contributed by atoms with Gasteiger partial charge in [-0.1, -0.05) is 26.2 Å². The first-order chi connectivity index (χ1) is 7.24. The zero-order chi connectivity index (χ0) is 11.1. The molecular formula is C12H23NO2. The molecule has 0 aromatic carbocycles. The topological polar surface area (TPSA) is 40.5 Å². The summed E-state index contributed by atoms with van der Waals surface area (Å²) in [6.07, 6.45) is 6.74. The number of piperidine rings is 1. The van der Waals surface area contributed by atoms with Crippen molar-refractivity contribution < 1.29 is 9.90 Å². The molecule has 1 saturated heterocycles. The van der Waals surface area contributed by atoms with Gasteiger partial charge in [0.25, 0.3) is 0 Å². The lowest BCUT2D eigenvalue weighted by atomic mass is 10.0. The SMILES string of the molecule is CCCCC(CN1CCCCC1)C(=O)O. The number of aliphatic carboxylic acids is 1. The summed E-state index contributed by atoms with van der Waals surface area (Å²) in [6, 6.07) is 0. The fourth-order valence-electron chi connectivity index (χ4n) is 2.20. The summed E-state index contributed by atoms with van der Waals surface area (Å²) in [4.78, 5) is 13.4. The van der Waals surface area contributed by atoms with Gasteiger partial charge in [-0.3, -0.25) is 4.79 Å². The molecule has 3 nitrogen and oxygen atoms in total. The molecule has 0 aromatic rings. The van der Waals surface area contributed by atoms with Gasteiger partial charge in [0.2, 0.25) is 0 Å². The lowest BCUT2D eigenvalue weighted by Crippen LogP contribution is -2.36. The van der Waals surface area contributed by atoms with Crippen molar-refractivity contribution in [3.8, 4) is 0 Å². The van der Waals surface area contributed by atoms with Gasteiger partial charge in [0.1, 0.15) is 0 Å². The minimum absolute atomic E-state index is 0.150. The summed E-state index contributed by atoms with van der Waals surface area (Å²) >= 11 is 0.